The van der Waals surface area contributed by atoms with Gasteiger partial charge in [0.05, 0.1) is 51.9 Å². The average Bonchev–Trinajstić information content (AvgIpc) is 3.01. The average molecular weight is 399 g/mol. The molecule has 0 aromatic carbocycles. The highest BCUT2D eigenvalue weighted by molar-refractivity contribution is 7.85. The summed E-state index contributed by atoms with van der Waals surface area (Å²) in [6.07, 6.45) is 0. The van der Waals surface area contributed by atoms with Gasteiger partial charge >= 0.3 is 0 Å². The van der Waals surface area contributed by atoms with E-state index in [1.807, 2.05) is 7.05 Å². The van der Waals surface area contributed by atoms with E-state index in [2.05, 4.69) is 20.5 Å². The monoisotopic (exact) mass is 399 g/mol. The number of hydrogen-bond acceptors (Lipinski definition) is 8. The summed E-state index contributed by atoms with van der Waals surface area (Å²) in [6.45, 7) is 7.05. The van der Waals surface area contributed by atoms with E-state index in [1.54, 1.807) is 4.68 Å². The smallest absolute Gasteiger partial charge is 0.144 e. The summed E-state index contributed by atoms with van der Waals surface area (Å²) in [5, 5.41) is 11.3. The largest absolute Gasteiger partial charge is 0.378 e. The SMILES string of the molecule is [B]c1c(CN2CCS(=O)CC2)nnn1CCOCCOCCOCCNC. The summed E-state index contributed by atoms with van der Waals surface area (Å²) in [6, 6.07) is 0. The summed E-state index contributed by atoms with van der Waals surface area (Å²) in [4.78, 5) is 2.21. The van der Waals surface area contributed by atoms with Crippen molar-refractivity contribution in [2.45, 2.75) is 13.1 Å². The van der Waals surface area contributed by atoms with Crippen LogP contribution in [0.5, 0.6) is 0 Å². The van der Waals surface area contributed by atoms with Gasteiger partial charge in [-0.15, -0.1) is 5.10 Å². The Morgan fingerprint density at radius 3 is 2.37 bits per heavy atom. The molecule has 0 saturated carbocycles. The van der Waals surface area contributed by atoms with Crippen molar-refractivity contribution in [3.63, 3.8) is 0 Å². The van der Waals surface area contributed by atoms with E-state index >= 15 is 0 Å². The van der Waals surface area contributed by atoms with E-state index < -0.39 is 10.8 Å². The Labute approximate surface area is 165 Å². The van der Waals surface area contributed by atoms with Gasteiger partial charge in [-0.05, 0) is 7.05 Å². The van der Waals surface area contributed by atoms with Crippen molar-refractivity contribution in [3.8, 4) is 0 Å². The van der Waals surface area contributed by atoms with Crippen molar-refractivity contribution < 1.29 is 18.4 Å². The molecule has 11 heteroatoms. The van der Waals surface area contributed by atoms with Gasteiger partial charge in [-0.3, -0.25) is 13.8 Å². The zero-order valence-electron chi connectivity index (χ0n) is 16.1. The zero-order chi connectivity index (χ0) is 19.3. The Morgan fingerprint density at radius 1 is 1.07 bits per heavy atom. The molecule has 1 aliphatic rings. The van der Waals surface area contributed by atoms with Crippen LogP contribution < -0.4 is 10.9 Å². The Kier molecular flexibility index (Phi) is 11.1. The van der Waals surface area contributed by atoms with Crippen molar-refractivity contribution >= 4 is 24.2 Å². The molecule has 0 bridgehead atoms. The fourth-order valence-electron chi connectivity index (χ4n) is 2.55. The zero-order valence-corrected chi connectivity index (χ0v) is 16.9. The number of rotatable bonds is 14. The molecule has 2 rings (SSSR count). The fourth-order valence-corrected chi connectivity index (χ4v) is 3.67. The lowest BCUT2D eigenvalue weighted by Crippen LogP contribution is -2.38. The van der Waals surface area contributed by atoms with Crippen molar-refractivity contribution in [1.82, 2.24) is 25.2 Å². The van der Waals surface area contributed by atoms with Crippen molar-refractivity contribution in [2.24, 2.45) is 0 Å². The third-order valence-electron chi connectivity index (χ3n) is 4.18. The molecule has 27 heavy (non-hydrogen) atoms. The van der Waals surface area contributed by atoms with Gasteiger partial charge in [0.2, 0.25) is 0 Å². The third-order valence-corrected chi connectivity index (χ3v) is 5.45. The number of likely N-dealkylation sites (N-methyl/N-ethyl adjacent to an activating group) is 1. The molecule has 0 aliphatic carbocycles. The molecular formula is C16H30BN5O4S. The molecule has 0 unspecified atom stereocenters. The van der Waals surface area contributed by atoms with Crippen LogP contribution in [-0.4, -0.2) is 110 Å². The summed E-state index contributed by atoms with van der Waals surface area (Å²) in [5.74, 6) is 1.43. The molecule has 1 N–H and O–H groups in total. The second kappa shape index (κ2) is 13.4. The first-order valence-electron chi connectivity index (χ1n) is 9.33. The second-order valence-electron chi connectivity index (χ2n) is 6.21. The highest BCUT2D eigenvalue weighted by Gasteiger charge is 2.18. The van der Waals surface area contributed by atoms with E-state index in [1.165, 1.54) is 0 Å². The maximum atomic E-state index is 11.4. The van der Waals surface area contributed by atoms with Gasteiger partial charge in [-0.25, -0.2) is 0 Å². The van der Waals surface area contributed by atoms with Crippen LogP contribution >= 0.6 is 0 Å². The van der Waals surface area contributed by atoms with Crippen LogP contribution in [0.2, 0.25) is 0 Å². The lowest BCUT2D eigenvalue weighted by Gasteiger charge is -2.25. The molecule has 9 nitrogen and oxygen atoms in total. The molecule has 0 atom stereocenters. The van der Waals surface area contributed by atoms with Gasteiger partial charge in [0.15, 0.2) is 0 Å². The minimum absolute atomic E-state index is 0.498. The van der Waals surface area contributed by atoms with Crippen LogP contribution in [0.1, 0.15) is 5.69 Å². The van der Waals surface area contributed by atoms with E-state index in [-0.39, 0.29) is 0 Å². The molecule has 0 spiro atoms. The van der Waals surface area contributed by atoms with Crippen molar-refractivity contribution in [1.29, 1.82) is 0 Å². The summed E-state index contributed by atoms with van der Waals surface area (Å²) in [7, 11) is 7.34. The Bertz CT molecular complexity index is 553. The number of hydrogen-bond donors (Lipinski definition) is 1. The number of nitrogens with zero attached hydrogens (tertiary/aromatic N) is 4. The fraction of sp³-hybridized carbons (Fsp3) is 0.875. The Morgan fingerprint density at radius 2 is 1.70 bits per heavy atom. The van der Waals surface area contributed by atoms with Gasteiger partial charge < -0.3 is 19.5 Å². The summed E-state index contributed by atoms with van der Waals surface area (Å²) < 4.78 is 29.4. The third kappa shape index (κ3) is 8.80. The Hall–Kier alpha value is -0.845. The highest BCUT2D eigenvalue weighted by Crippen LogP contribution is 2.04. The lowest BCUT2D eigenvalue weighted by atomic mass is 10.0. The molecule has 2 radical (unpaired) electrons. The van der Waals surface area contributed by atoms with Gasteiger partial charge in [0.25, 0.3) is 0 Å². The quantitative estimate of drug-likeness (QED) is 0.281. The van der Waals surface area contributed by atoms with Crippen LogP contribution in [0.25, 0.3) is 0 Å². The predicted octanol–water partition coefficient (Wildman–Crippen LogP) is -2.09. The number of nitrogens with one attached hydrogen (secondary N) is 1. The van der Waals surface area contributed by atoms with E-state index in [0.717, 1.165) is 25.3 Å². The van der Waals surface area contributed by atoms with E-state index in [0.29, 0.717) is 69.8 Å². The minimum atomic E-state index is -0.681. The van der Waals surface area contributed by atoms with Crippen LogP contribution in [0.4, 0.5) is 0 Å². The van der Waals surface area contributed by atoms with Crippen molar-refractivity contribution in [3.05, 3.63) is 5.69 Å². The molecule has 1 aromatic rings. The Balaban J connectivity index is 1.52. The molecule has 2 heterocycles. The molecular weight excluding hydrogens is 369 g/mol. The summed E-state index contributed by atoms with van der Waals surface area (Å²) in [5.41, 5.74) is 1.34. The summed E-state index contributed by atoms with van der Waals surface area (Å²) >= 11 is 0. The number of ether oxygens (including phenoxy) is 3. The second-order valence-corrected chi connectivity index (χ2v) is 7.91. The molecule has 1 aromatic heterocycles. The molecule has 1 fully saturated rings. The first-order chi connectivity index (χ1) is 13.2. The predicted molar refractivity (Wildman–Crippen MR) is 105 cm³/mol. The van der Waals surface area contributed by atoms with Gasteiger partial charge in [-0.2, -0.15) is 0 Å². The maximum absolute atomic E-state index is 11.4. The highest BCUT2D eigenvalue weighted by atomic mass is 32.2. The van der Waals surface area contributed by atoms with Crippen LogP contribution in [-0.2, 0) is 38.1 Å². The normalized spacial score (nSPS) is 16.2. The van der Waals surface area contributed by atoms with Gasteiger partial charge in [0.1, 0.15) is 7.85 Å². The molecule has 1 aliphatic heterocycles. The number of aromatic nitrogens is 3. The molecule has 1 saturated heterocycles. The van der Waals surface area contributed by atoms with Crippen molar-refractivity contribution in [2.75, 3.05) is 77.8 Å². The first-order valence-corrected chi connectivity index (χ1v) is 10.8. The van der Waals surface area contributed by atoms with Crippen LogP contribution in [0.3, 0.4) is 0 Å². The van der Waals surface area contributed by atoms with Gasteiger partial charge in [0, 0.05) is 54.1 Å². The first kappa shape index (κ1) is 22.4. The van der Waals surface area contributed by atoms with Crippen LogP contribution in [0.15, 0.2) is 0 Å². The molecule has 152 valence electrons. The maximum Gasteiger partial charge on any atom is 0.144 e. The van der Waals surface area contributed by atoms with E-state index in [9.17, 15) is 4.21 Å². The van der Waals surface area contributed by atoms with Crippen LogP contribution in [0, 0.1) is 0 Å². The lowest BCUT2D eigenvalue weighted by molar-refractivity contribution is 0.0136. The standard InChI is InChI=1S/C16H30BN5O4S/c1-18-2-6-24-8-10-26-11-9-25-7-3-22-16(17)15(19-20-22)14-21-4-12-27(23)13-5-21/h18H,2-14H2,1H3. The minimum Gasteiger partial charge on any atom is -0.378 e. The van der Waals surface area contributed by atoms with E-state index in [4.69, 9.17) is 22.1 Å². The van der Waals surface area contributed by atoms with Gasteiger partial charge in [-0.1, -0.05) is 5.21 Å². The molecule has 0 amide bonds. The topological polar surface area (TPSA) is 90.7 Å².